The number of rotatable bonds is 9. The Morgan fingerprint density at radius 2 is 2.08 bits per heavy atom. The van der Waals surface area contributed by atoms with E-state index in [4.69, 9.17) is 9.47 Å². The van der Waals surface area contributed by atoms with Gasteiger partial charge in [0.1, 0.15) is 10.6 Å². The molecule has 2 aromatic rings. The van der Waals surface area contributed by atoms with Crippen molar-refractivity contribution in [2.24, 2.45) is 5.10 Å². The van der Waals surface area contributed by atoms with Crippen LogP contribution < -0.4 is 10.2 Å². The predicted molar refractivity (Wildman–Crippen MR) is 101 cm³/mol. The summed E-state index contributed by atoms with van der Waals surface area (Å²) in [6.07, 6.45) is 5.13. The van der Waals surface area contributed by atoms with Crippen molar-refractivity contribution in [1.29, 1.82) is 0 Å². The molecule has 0 aliphatic carbocycles. The lowest BCUT2D eigenvalue weighted by Gasteiger charge is -2.05. The van der Waals surface area contributed by atoms with Crippen molar-refractivity contribution in [3.8, 4) is 5.75 Å². The van der Waals surface area contributed by atoms with Gasteiger partial charge in [-0.15, -0.1) is 0 Å². The number of benzene rings is 1. The van der Waals surface area contributed by atoms with Crippen LogP contribution in [0, 0.1) is 6.92 Å². The minimum atomic E-state index is -0.387. The maximum Gasteiger partial charge on any atom is 0.350 e. The molecule has 1 heterocycles. The fourth-order valence-corrected chi connectivity index (χ4v) is 2.91. The molecule has 0 saturated carbocycles. The molecule has 6 nitrogen and oxygen atoms in total. The Bertz CT molecular complexity index is 711. The first-order valence-electron chi connectivity index (χ1n) is 8.21. The lowest BCUT2D eigenvalue weighted by molar-refractivity contribution is 0.0605. The van der Waals surface area contributed by atoms with Crippen molar-refractivity contribution in [1.82, 2.24) is 4.98 Å². The van der Waals surface area contributed by atoms with Gasteiger partial charge < -0.3 is 9.47 Å². The van der Waals surface area contributed by atoms with E-state index >= 15 is 0 Å². The first-order valence-corrected chi connectivity index (χ1v) is 9.03. The number of nitrogens with zero attached hydrogens (tertiary/aromatic N) is 2. The van der Waals surface area contributed by atoms with E-state index in [9.17, 15) is 4.79 Å². The average Bonchev–Trinajstić information content (AvgIpc) is 3.00. The van der Waals surface area contributed by atoms with Gasteiger partial charge in [-0.3, -0.25) is 5.43 Å². The van der Waals surface area contributed by atoms with E-state index in [2.05, 4.69) is 22.4 Å². The van der Waals surface area contributed by atoms with Gasteiger partial charge in [0, 0.05) is 0 Å². The largest absolute Gasteiger partial charge is 0.494 e. The summed E-state index contributed by atoms with van der Waals surface area (Å²) in [7, 11) is 1.35. The third-order valence-corrected chi connectivity index (χ3v) is 4.48. The SMILES string of the molecule is CCCCCOc1ccc(/C=N\Nc2nc(C)c(C(=O)OC)s2)cc1. The predicted octanol–water partition coefficient (Wildman–Crippen LogP) is 4.25. The molecule has 25 heavy (non-hydrogen) atoms. The van der Waals surface area contributed by atoms with Crippen molar-refractivity contribution >= 4 is 28.7 Å². The maximum absolute atomic E-state index is 11.6. The van der Waals surface area contributed by atoms with Crippen LogP contribution in [-0.2, 0) is 4.74 Å². The number of carbonyl (C=O) groups excluding carboxylic acids is 1. The number of carbonyl (C=O) groups is 1. The molecule has 0 atom stereocenters. The van der Waals surface area contributed by atoms with E-state index in [1.807, 2.05) is 24.3 Å². The van der Waals surface area contributed by atoms with Crippen LogP contribution in [0.3, 0.4) is 0 Å². The Morgan fingerprint density at radius 1 is 1.32 bits per heavy atom. The lowest BCUT2D eigenvalue weighted by atomic mass is 10.2. The molecule has 0 saturated heterocycles. The highest BCUT2D eigenvalue weighted by atomic mass is 32.1. The molecule has 1 N–H and O–H groups in total. The molecule has 0 aliphatic rings. The number of aryl methyl sites for hydroxylation is 1. The molecule has 0 amide bonds. The molecule has 0 fully saturated rings. The molecular formula is C18H23N3O3S. The number of hydrazone groups is 1. The molecule has 2 rings (SSSR count). The van der Waals surface area contributed by atoms with Crippen molar-refractivity contribution in [3.05, 3.63) is 40.4 Å². The summed E-state index contributed by atoms with van der Waals surface area (Å²) in [6, 6.07) is 7.73. The van der Waals surface area contributed by atoms with Crippen LogP contribution in [0.2, 0.25) is 0 Å². The molecule has 0 bridgehead atoms. The third-order valence-electron chi connectivity index (χ3n) is 3.44. The Morgan fingerprint density at radius 3 is 2.76 bits per heavy atom. The molecule has 7 heteroatoms. The zero-order valence-corrected chi connectivity index (χ0v) is 15.6. The average molecular weight is 361 g/mol. The minimum Gasteiger partial charge on any atom is -0.494 e. The smallest absolute Gasteiger partial charge is 0.350 e. The van der Waals surface area contributed by atoms with Crippen LogP contribution >= 0.6 is 11.3 Å². The first-order chi connectivity index (χ1) is 12.1. The highest BCUT2D eigenvalue weighted by molar-refractivity contribution is 7.17. The number of thiazole rings is 1. The van der Waals surface area contributed by atoms with Crippen LogP contribution in [0.1, 0.15) is 47.1 Å². The van der Waals surface area contributed by atoms with Crippen LogP contribution in [0.25, 0.3) is 0 Å². The summed E-state index contributed by atoms with van der Waals surface area (Å²) in [6.45, 7) is 4.68. The summed E-state index contributed by atoms with van der Waals surface area (Å²) in [5.74, 6) is 0.473. The summed E-state index contributed by atoms with van der Waals surface area (Å²) >= 11 is 1.21. The van der Waals surface area contributed by atoms with Crippen LogP contribution in [0.15, 0.2) is 29.4 Å². The van der Waals surface area contributed by atoms with Gasteiger partial charge in [0.05, 0.1) is 25.6 Å². The van der Waals surface area contributed by atoms with Gasteiger partial charge in [0.25, 0.3) is 0 Å². The summed E-state index contributed by atoms with van der Waals surface area (Å²) in [5, 5.41) is 4.69. The number of anilines is 1. The zero-order valence-electron chi connectivity index (χ0n) is 14.7. The topological polar surface area (TPSA) is 72.8 Å². The number of aromatic nitrogens is 1. The summed E-state index contributed by atoms with van der Waals surface area (Å²) in [4.78, 5) is 16.3. The second-order valence-corrected chi connectivity index (χ2v) is 6.42. The summed E-state index contributed by atoms with van der Waals surface area (Å²) in [5.41, 5.74) is 4.40. The number of esters is 1. The lowest BCUT2D eigenvalue weighted by Crippen LogP contribution is -1.99. The van der Waals surface area contributed by atoms with Crippen molar-refractivity contribution < 1.29 is 14.3 Å². The van der Waals surface area contributed by atoms with Gasteiger partial charge in [-0.05, 0) is 43.2 Å². The number of methoxy groups -OCH3 is 1. The van der Waals surface area contributed by atoms with E-state index < -0.39 is 0 Å². The van der Waals surface area contributed by atoms with Gasteiger partial charge in [-0.1, -0.05) is 31.1 Å². The molecule has 0 spiro atoms. The number of ether oxygens (including phenoxy) is 2. The molecule has 134 valence electrons. The van der Waals surface area contributed by atoms with Crippen LogP contribution in [-0.4, -0.2) is 30.9 Å². The van der Waals surface area contributed by atoms with Gasteiger partial charge in [0.2, 0.25) is 5.13 Å². The standard InChI is InChI=1S/C18H23N3O3S/c1-4-5-6-11-24-15-9-7-14(8-10-15)12-19-21-18-20-13(2)16(25-18)17(22)23-3/h7-10,12H,4-6,11H2,1-3H3,(H,20,21)/b19-12-. The van der Waals surface area contributed by atoms with E-state index in [1.54, 1.807) is 13.1 Å². The zero-order chi connectivity index (χ0) is 18.1. The van der Waals surface area contributed by atoms with Crippen molar-refractivity contribution in [2.75, 3.05) is 19.1 Å². The fraction of sp³-hybridized carbons (Fsp3) is 0.389. The second-order valence-electron chi connectivity index (χ2n) is 5.42. The molecule has 0 aliphatic heterocycles. The molecule has 0 unspecified atom stereocenters. The molecule has 1 aromatic carbocycles. The van der Waals surface area contributed by atoms with Gasteiger partial charge in [-0.2, -0.15) is 5.10 Å². The number of hydrogen-bond donors (Lipinski definition) is 1. The normalized spacial score (nSPS) is 10.8. The minimum absolute atomic E-state index is 0.387. The number of unbranched alkanes of at least 4 members (excludes halogenated alkanes) is 2. The van der Waals surface area contributed by atoms with Crippen molar-refractivity contribution in [2.45, 2.75) is 33.1 Å². The molecular weight excluding hydrogens is 338 g/mol. The first kappa shape index (κ1) is 18.9. The number of hydrogen-bond acceptors (Lipinski definition) is 7. The number of nitrogens with one attached hydrogen (secondary N) is 1. The van der Waals surface area contributed by atoms with Crippen molar-refractivity contribution in [3.63, 3.8) is 0 Å². The van der Waals surface area contributed by atoms with E-state index in [-0.39, 0.29) is 5.97 Å². The van der Waals surface area contributed by atoms with Crippen LogP contribution in [0.4, 0.5) is 5.13 Å². The fourth-order valence-electron chi connectivity index (χ4n) is 2.08. The highest BCUT2D eigenvalue weighted by Gasteiger charge is 2.15. The molecule has 0 radical (unpaired) electrons. The Hall–Kier alpha value is -2.41. The molecule has 1 aromatic heterocycles. The third kappa shape index (κ3) is 5.86. The monoisotopic (exact) mass is 361 g/mol. The Kier molecular flexibility index (Phi) is 7.40. The van der Waals surface area contributed by atoms with E-state index in [1.165, 1.54) is 31.3 Å². The van der Waals surface area contributed by atoms with E-state index in [0.29, 0.717) is 15.7 Å². The second kappa shape index (κ2) is 9.78. The van der Waals surface area contributed by atoms with E-state index in [0.717, 1.165) is 24.3 Å². The van der Waals surface area contributed by atoms with Gasteiger partial charge >= 0.3 is 5.97 Å². The van der Waals surface area contributed by atoms with Crippen LogP contribution in [0.5, 0.6) is 5.75 Å². The highest BCUT2D eigenvalue weighted by Crippen LogP contribution is 2.23. The van der Waals surface area contributed by atoms with Gasteiger partial charge in [0.15, 0.2) is 0 Å². The Balaban J connectivity index is 1.86. The maximum atomic E-state index is 11.6. The quantitative estimate of drug-likeness (QED) is 0.313. The van der Waals surface area contributed by atoms with Gasteiger partial charge in [-0.25, -0.2) is 9.78 Å². The summed E-state index contributed by atoms with van der Waals surface area (Å²) < 4.78 is 10.4. The Labute approximate surface area is 151 Å².